The van der Waals surface area contributed by atoms with Crippen molar-refractivity contribution in [1.29, 1.82) is 0 Å². The minimum Gasteiger partial charge on any atom is -0.368 e. The molecule has 1 fully saturated rings. The Bertz CT molecular complexity index is 372. The van der Waals surface area contributed by atoms with E-state index in [4.69, 9.17) is 5.73 Å². The molecule has 94 valence electrons. The Hall–Kier alpha value is -1.09. The van der Waals surface area contributed by atoms with Gasteiger partial charge < -0.3 is 10.6 Å². The molecule has 3 heteroatoms. The fourth-order valence-corrected chi connectivity index (χ4v) is 2.86. The Kier molecular flexibility index (Phi) is 4.00. The summed E-state index contributed by atoms with van der Waals surface area (Å²) in [6.45, 7) is 3.32. The molecule has 0 spiro atoms. The molecule has 1 saturated carbocycles. The lowest BCUT2D eigenvalue weighted by atomic mass is 10.1. The first-order valence-electron chi connectivity index (χ1n) is 6.52. The van der Waals surface area contributed by atoms with Crippen molar-refractivity contribution in [2.75, 3.05) is 11.4 Å². The minimum absolute atomic E-state index is 0.179. The van der Waals surface area contributed by atoms with Crippen molar-refractivity contribution in [3.63, 3.8) is 0 Å². The summed E-state index contributed by atoms with van der Waals surface area (Å²) < 4.78 is 13.7. The molecule has 0 heterocycles. The monoisotopic (exact) mass is 236 g/mol. The van der Waals surface area contributed by atoms with Gasteiger partial charge in [-0.15, -0.1) is 0 Å². The van der Waals surface area contributed by atoms with E-state index in [0.29, 0.717) is 11.6 Å². The van der Waals surface area contributed by atoms with Crippen LogP contribution in [0.4, 0.5) is 10.1 Å². The summed E-state index contributed by atoms with van der Waals surface area (Å²) in [4.78, 5) is 2.32. The first-order valence-corrected chi connectivity index (χ1v) is 6.52. The van der Waals surface area contributed by atoms with Gasteiger partial charge in [0.05, 0.1) is 0 Å². The molecular weight excluding hydrogens is 215 g/mol. The van der Waals surface area contributed by atoms with Crippen molar-refractivity contribution < 1.29 is 4.39 Å². The quantitative estimate of drug-likeness (QED) is 0.870. The van der Waals surface area contributed by atoms with E-state index in [1.54, 1.807) is 6.07 Å². The zero-order chi connectivity index (χ0) is 12.3. The molecule has 1 aliphatic rings. The zero-order valence-corrected chi connectivity index (χ0v) is 10.5. The zero-order valence-electron chi connectivity index (χ0n) is 10.5. The van der Waals surface area contributed by atoms with Crippen molar-refractivity contribution in [3.05, 3.63) is 29.6 Å². The first-order chi connectivity index (χ1) is 8.27. The van der Waals surface area contributed by atoms with Gasteiger partial charge in [-0.25, -0.2) is 4.39 Å². The number of nitrogens with two attached hydrogens (primary N) is 1. The van der Waals surface area contributed by atoms with Gasteiger partial charge in [-0.3, -0.25) is 0 Å². The highest BCUT2D eigenvalue weighted by atomic mass is 19.1. The summed E-state index contributed by atoms with van der Waals surface area (Å²) in [5.41, 5.74) is 7.32. The van der Waals surface area contributed by atoms with Gasteiger partial charge in [-0.2, -0.15) is 0 Å². The van der Waals surface area contributed by atoms with E-state index in [-0.39, 0.29) is 12.4 Å². The number of nitrogens with zero attached hydrogens (tertiary/aromatic N) is 1. The third-order valence-corrected chi connectivity index (χ3v) is 3.71. The van der Waals surface area contributed by atoms with E-state index < -0.39 is 0 Å². The van der Waals surface area contributed by atoms with Gasteiger partial charge in [0.2, 0.25) is 0 Å². The molecule has 0 amide bonds. The molecule has 0 atom stereocenters. The first kappa shape index (κ1) is 12.4. The molecule has 2 N–H and O–H groups in total. The lowest BCUT2D eigenvalue weighted by molar-refractivity contribution is 0.592. The number of benzene rings is 1. The molecule has 1 aliphatic carbocycles. The van der Waals surface area contributed by atoms with Crippen molar-refractivity contribution in [3.8, 4) is 0 Å². The average molecular weight is 236 g/mol. The summed E-state index contributed by atoms with van der Waals surface area (Å²) >= 11 is 0. The highest BCUT2D eigenvalue weighted by Gasteiger charge is 2.23. The third-order valence-electron chi connectivity index (χ3n) is 3.71. The summed E-state index contributed by atoms with van der Waals surface area (Å²) in [6.07, 6.45) is 5.01. The summed E-state index contributed by atoms with van der Waals surface area (Å²) in [7, 11) is 0. The van der Waals surface area contributed by atoms with E-state index in [1.807, 2.05) is 6.07 Å². The predicted molar refractivity (Wildman–Crippen MR) is 69.6 cm³/mol. The van der Waals surface area contributed by atoms with Gasteiger partial charge in [0.1, 0.15) is 5.82 Å². The molecule has 1 aromatic carbocycles. The number of hydrogen-bond acceptors (Lipinski definition) is 2. The highest BCUT2D eigenvalue weighted by molar-refractivity contribution is 5.55. The molecular formula is C14H21FN2. The van der Waals surface area contributed by atoms with E-state index in [2.05, 4.69) is 11.8 Å². The molecule has 0 aromatic heterocycles. The van der Waals surface area contributed by atoms with Crippen LogP contribution in [0, 0.1) is 5.82 Å². The molecule has 0 unspecified atom stereocenters. The second kappa shape index (κ2) is 5.50. The lowest BCUT2D eigenvalue weighted by Crippen LogP contribution is -2.34. The largest absolute Gasteiger partial charge is 0.368 e. The topological polar surface area (TPSA) is 29.3 Å². The van der Waals surface area contributed by atoms with Crippen molar-refractivity contribution in [2.24, 2.45) is 5.73 Å². The molecule has 2 nitrogen and oxygen atoms in total. The van der Waals surface area contributed by atoms with Gasteiger partial charge in [0, 0.05) is 30.4 Å². The Balaban J connectivity index is 2.32. The Morgan fingerprint density at radius 3 is 2.65 bits per heavy atom. The summed E-state index contributed by atoms with van der Waals surface area (Å²) in [5, 5.41) is 0. The van der Waals surface area contributed by atoms with E-state index >= 15 is 0 Å². The Morgan fingerprint density at radius 2 is 2.06 bits per heavy atom. The molecule has 1 aromatic rings. The van der Waals surface area contributed by atoms with Crippen LogP contribution in [0.3, 0.4) is 0 Å². The van der Waals surface area contributed by atoms with Crippen LogP contribution in [0.15, 0.2) is 18.2 Å². The van der Waals surface area contributed by atoms with Gasteiger partial charge in [0.15, 0.2) is 0 Å². The van der Waals surface area contributed by atoms with Crippen molar-refractivity contribution in [1.82, 2.24) is 0 Å². The Labute approximate surface area is 103 Å². The Morgan fingerprint density at radius 1 is 1.35 bits per heavy atom. The van der Waals surface area contributed by atoms with Crippen molar-refractivity contribution >= 4 is 5.69 Å². The van der Waals surface area contributed by atoms with Crippen LogP contribution in [-0.4, -0.2) is 12.6 Å². The standard InChI is InChI=1S/C14H21FN2/c1-2-17(11-6-3-4-7-11)14-9-5-8-13(15)12(14)10-16/h5,8-9,11H,2-4,6-7,10,16H2,1H3. The maximum absolute atomic E-state index is 13.7. The maximum Gasteiger partial charge on any atom is 0.129 e. The van der Waals surface area contributed by atoms with Crippen LogP contribution in [0.5, 0.6) is 0 Å². The third kappa shape index (κ3) is 2.44. The smallest absolute Gasteiger partial charge is 0.129 e. The van der Waals surface area contributed by atoms with Crippen LogP contribution in [0.1, 0.15) is 38.2 Å². The summed E-state index contributed by atoms with van der Waals surface area (Å²) in [5.74, 6) is -0.179. The lowest BCUT2D eigenvalue weighted by Gasteiger charge is -2.31. The van der Waals surface area contributed by atoms with Crippen LogP contribution >= 0.6 is 0 Å². The SMILES string of the molecule is CCN(c1cccc(F)c1CN)C1CCCC1. The van der Waals surface area contributed by atoms with Crippen LogP contribution in [-0.2, 0) is 6.54 Å². The fourth-order valence-electron chi connectivity index (χ4n) is 2.86. The van der Waals surface area contributed by atoms with E-state index in [0.717, 1.165) is 12.2 Å². The molecule has 17 heavy (non-hydrogen) atoms. The van der Waals surface area contributed by atoms with Crippen LogP contribution in [0.2, 0.25) is 0 Å². The second-order valence-electron chi connectivity index (χ2n) is 4.67. The molecule has 0 bridgehead atoms. The average Bonchev–Trinajstić information content (AvgIpc) is 2.84. The van der Waals surface area contributed by atoms with Crippen LogP contribution in [0.25, 0.3) is 0 Å². The summed E-state index contributed by atoms with van der Waals surface area (Å²) in [6, 6.07) is 5.83. The molecule has 0 saturated heterocycles. The van der Waals surface area contributed by atoms with E-state index in [1.165, 1.54) is 31.7 Å². The van der Waals surface area contributed by atoms with Gasteiger partial charge in [0.25, 0.3) is 0 Å². The van der Waals surface area contributed by atoms with Crippen molar-refractivity contribution in [2.45, 2.75) is 45.2 Å². The van der Waals surface area contributed by atoms with Crippen LogP contribution < -0.4 is 10.6 Å². The number of rotatable bonds is 4. The van der Waals surface area contributed by atoms with Gasteiger partial charge in [-0.1, -0.05) is 18.9 Å². The normalized spacial score (nSPS) is 16.4. The highest BCUT2D eigenvalue weighted by Crippen LogP contribution is 2.31. The maximum atomic E-state index is 13.7. The molecule has 0 aliphatic heterocycles. The molecule has 2 rings (SSSR count). The number of anilines is 1. The van der Waals surface area contributed by atoms with E-state index in [9.17, 15) is 4.39 Å². The number of halogens is 1. The molecule has 0 radical (unpaired) electrons. The fraction of sp³-hybridized carbons (Fsp3) is 0.571. The van der Waals surface area contributed by atoms with Gasteiger partial charge >= 0.3 is 0 Å². The minimum atomic E-state index is -0.179. The second-order valence-corrected chi connectivity index (χ2v) is 4.67. The van der Waals surface area contributed by atoms with Gasteiger partial charge in [-0.05, 0) is 31.9 Å². The number of hydrogen-bond donors (Lipinski definition) is 1. The predicted octanol–water partition coefficient (Wildman–Crippen LogP) is 3.05.